The molecule has 0 aliphatic carbocycles. The fraction of sp³-hybridized carbons (Fsp3) is 0.389. The average Bonchev–Trinajstić information content (AvgIpc) is 2.62. The third-order valence-corrected chi connectivity index (χ3v) is 3.78. The van der Waals surface area contributed by atoms with Crippen molar-refractivity contribution in [3.8, 4) is 0 Å². The Labute approximate surface area is 142 Å². The number of rotatable bonds is 8. The van der Waals surface area contributed by atoms with Crippen molar-refractivity contribution in [2.75, 3.05) is 19.5 Å². The van der Waals surface area contributed by atoms with Gasteiger partial charge in [0, 0.05) is 31.1 Å². The molecule has 0 amide bonds. The molecule has 1 atom stereocenters. The molecule has 2 aromatic heterocycles. The summed E-state index contributed by atoms with van der Waals surface area (Å²) in [6.07, 6.45) is 5.08. The minimum Gasteiger partial charge on any atom is -0.468 e. The minimum absolute atomic E-state index is 0.383. The minimum atomic E-state index is -0.668. The lowest BCUT2D eigenvalue weighted by Crippen LogP contribution is -2.33. The highest BCUT2D eigenvalue weighted by Gasteiger charge is 2.14. The number of methoxy groups -OCH3 is 1. The lowest BCUT2D eigenvalue weighted by molar-refractivity contribution is -0.142. The molecule has 0 bridgehead atoms. The zero-order chi connectivity index (χ0) is 17.4. The van der Waals surface area contributed by atoms with Crippen molar-refractivity contribution in [2.24, 2.45) is 5.73 Å². The quantitative estimate of drug-likeness (QED) is 0.717. The van der Waals surface area contributed by atoms with E-state index in [4.69, 9.17) is 5.73 Å². The molecular weight excluding hydrogens is 304 g/mol. The number of nitrogens with two attached hydrogens (primary N) is 1. The number of anilines is 1. The van der Waals surface area contributed by atoms with Gasteiger partial charge in [-0.25, -0.2) is 4.98 Å². The molecule has 0 aromatic carbocycles. The summed E-state index contributed by atoms with van der Waals surface area (Å²) < 4.78 is 4.62. The summed E-state index contributed by atoms with van der Waals surface area (Å²) in [5.74, 6) is 0.470. The molecule has 0 aliphatic rings. The van der Waals surface area contributed by atoms with Crippen molar-refractivity contribution in [3.05, 3.63) is 53.5 Å². The van der Waals surface area contributed by atoms with Crippen molar-refractivity contribution in [2.45, 2.75) is 31.7 Å². The zero-order valence-electron chi connectivity index (χ0n) is 14.2. The Morgan fingerprint density at radius 1 is 1.25 bits per heavy atom. The van der Waals surface area contributed by atoms with Gasteiger partial charge in [-0.1, -0.05) is 12.1 Å². The van der Waals surface area contributed by atoms with Crippen LogP contribution in [0.2, 0.25) is 0 Å². The van der Waals surface area contributed by atoms with Crippen molar-refractivity contribution >= 4 is 11.8 Å². The second-order valence-electron chi connectivity index (χ2n) is 5.61. The van der Waals surface area contributed by atoms with Gasteiger partial charge in [-0.3, -0.25) is 9.78 Å². The summed E-state index contributed by atoms with van der Waals surface area (Å²) in [6.45, 7) is 0. The maximum atomic E-state index is 11.3. The van der Waals surface area contributed by atoms with E-state index in [1.165, 1.54) is 7.11 Å². The van der Waals surface area contributed by atoms with E-state index in [1.807, 2.05) is 43.6 Å². The number of hydrogen-bond acceptors (Lipinski definition) is 6. The summed E-state index contributed by atoms with van der Waals surface area (Å²) >= 11 is 0. The van der Waals surface area contributed by atoms with Crippen LogP contribution < -0.4 is 11.1 Å². The Bertz CT molecular complexity index is 658. The number of hydrogen-bond donors (Lipinski definition) is 2. The highest BCUT2D eigenvalue weighted by Crippen LogP contribution is 2.10. The maximum absolute atomic E-state index is 11.3. The van der Waals surface area contributed by atoms with Crippen LogP contribution in [0.3, 0.4) is 0 Å². The SMILES string of the molecule is CNc1cccc(CCCc2ccc(C[C@H](N)C(=O)OC)nc2)n1. The van der Waals surface area contributed by atoms with E-state index in [0.29, 0.717) is 6.42 Å². The molecule has 3 N–H and O–H groups in total. The summed E-state index contributed by atoms with van der Waals surface area (Å²) in [6, 6.07) is 9.28. The summed E-state index contributed by atoms with van der Waals surface area (Å²) in [4.78, 5) is 20.2. The first-order valence-corrected chi connectivity index (χ1v) is 8.03. The van der Waals surface area contributed by atoms with Gasteiger partial charge in [0.05, 0.1) is 7.11 Å². The van der Waals surface area contributed by atoms with Crippen LogP contribution in [0.15, 0.2) is 36.5 Å². The molecule has 128 valence electrons. The van der Waals surface area contributed by atoms with E-state index < -0.39 is 12.0 Å². The molecule has 0 spiro atoms. The van der Waals surface area contributed by atoms with Crippen LogP contribution in [-0.2, 0) is 28.8 Å². The predicted molar refractivity (Wildman–Crippen MR) is 93.7 cm³/mol. The zero-order valence-corrected chi connectivity index (χ0v) is 14.2. The smallest absolute Gasteiger partial charge is 0.323 e. The molecule has 2 rings (SSSR count). The van der Waals surface area contributed by atoms with Gasteiger partial charge in [0.2, 0.25) is 0 Å². The van der Waals surface area contributed by atoms with Gasteiger partial charge in [0.1, 0.15) is 11.9 Å². The lowest BCUT2D eigenvalue weighted by Gasteiger charge is -2.09. The standard InChI is InChI=1S/C18H24N4O2/c1-20-17-8-4-7-14(22-17)6-3-5-13-9-10-15(21-12-13)11-16(19)18(23)24-2/h4,7-10,12,16H,3,5-6,11,19H2,1-2H3,(H,20,22)/t16-/m0/s1. The number of carbonyl (C=O) groups is 1. The Kier molecular flexibility index (Phi) is 6.69. The molecule has 0 radical (unpaired) electrons. The summed E-state index contributed by atoms with van der Waals surface area (Å²) in [5.41, 5.74) is 8.77. The first-order valence-electron chi connectivity index (χ1n) is 8.03. The van der Waals surface area contributed by atoms with Gasteiger partial charge in [-0.2, -0.15) is 0 Å². The molecule has 0 fully saturated rings. The van der Waals surface area contributed by atoms with Crippen LogP contribution in [-0.4, -0.2) is 36.1 Å². The molecule has 24 heavy (non-hydrogen) atoms. The number of carbonyl (C=O) groups excluding carboxylic acids is 1. The van der Waals surface area contributed by atoms with Gasteiger partial charge >= 0.3 is 5.97 Å². The molecule has 6 nitrogen and oxygen atoms in total. The summed E-state index contributed by atoms with van der Waals surface area (Å²) in [7, 11) is 3.20. The Morgan fingerprint density at radius 3 is 2.75 bits per heavy atom. The van der Waals surface area contributed by atoms with Crippen molar-refractivity contribution in [1.82, 2.24) is 9.97 Å². The number of nitrogens with one attached hydrogen (secondary N) is 1. The fourth-order valence-corrected chi connectivity index (χ4v) is 2.42. The van der Waals surface area contributed by atoms with E-state index in [1.54, 1.807) is 0 Å². The van der Waals surface area contributed by atoms with Crippen LogP contribution in [0.4, 0.5) is 5.82 Å². The predicted octanol–water partition coefficient (Wildman–Crippen LogP) is 1.74. The van der Waals surface area contributed by atoms with Crippen molar-refractivity contribution in [1.29, 1.82) is 0 Å². The second-order valence-corrected chi connectivity index (χ2v) is 5.61. The first-order chi connectivity index (χ1) is 11.6. The van der Waals surface area contributed by atoms with Gasteiger partial charge in [0.25, 0.3) is 0 Å². The molecular formula is C18H24N4O2. The van der Waals surface area contributed by atoms with E-state index in [0.717, 1.165) is 42.0 Å². The van der Waals surface area contributed by atoms with E-state index in [9.17, 15) is 4.79 Å². The van der Waals surface area contributed by atoms with Crippen LogP contribution >= 0.6 is 0 Å². The average molecular weight is 328 g/mol. The number of ether oxygens (including phenoxy) is 1. The fourth-order valence-electron chi connectivity index (χ4n) is 2.42. The maximum Gasteiger partial charge on any atom is 0.323 e. The van der Waals surface area contributed by atoms with E-state index >= 15 is 0 Å². The molecule has 0 saturated heterocycles. The third-order valence-electron chi connectivity index (χ3n) is 3.78. The van der Waals surface area contributed by atoms with Crippen molar-refractivity contribution < 1.29 is 9.53 Å². The number of nitrogens with zero attached hydrogens (tertiary/aromatic N) is 2. The highest BCUT2D eigenvalue weighted by atomic mass is 16.5. The molecule has 2 heterocycles. The molecule has 0 unspecified atom stereocenters. The number of esters is 1. The van der Waals surface area contributed by atoms with Crippen LogP contribution in [0.25, 0.3) is 0 Å². The molecule has 6 heteroatoms. The van der Waals surface area contributed by atoms with Crippen molar-refractivity contribution in [3.63, 3.8) is 0 Å². The van der Waals surface area contributed by atoms with Crippen LogP contribution in [0, 0.1) is 0 Å². The van der Waals surface area contributed by atoms with Crippen LogP contribution in [0.1, 0.15) is 23.4 Å². The van der Waals surface area contributed by atoms with Gasteiger partial charge in [0.15, 0.2) is 0 Å². The lowest BCUT2D eigenvalue weighted by atomic mass is 10.1. The van der Waals surface area contributed by atoms with Gasteiger partial charge in [-0.15, -0.1) is 0 Å². The molecule has 2 aromatic rings. The monoisotopic (exact) mass is 328 g/mol. The number of aromatic nitrogens is 2. The Morgan fingerprint density at radius 2 is 2.08 bits per heavy atom. The van der Waals surface area contributed by atoms with Gasteiger partial charge in [-0.05, 0) is 43.0 Å². The van der Waals surface area contributed by atoms with E-state index in [2.05, 4.69) is 20.0 Å². The third kappa shape index (κ3) is 5.31. The topological polar surface area (TPSA) is 90.1 Å². The normalized spacial score (nSPS) is 11.8. The Balaban J connectivity index is 1.82. The summed E-state index contributed by atoms with van der Waals surface area (Å²) in [5, 5.41) is 3.05. The van der Waals surface area contributed by atoms with Crippen LogP contribution in [0.5, 0.6) is 0 Å². The first kappa shape index (κ1) is 17.9. The highest BCUT2D eigenvalue weighted by molar-refractivity contribution is 5.75. The van der Waals surface area contributed by atoms with E-state index in [-0.39, 0.29) is 0 Å². The molecule has 0 saturated carbocycles. The number of aryl methyl sites for hydroxylation is 2. The molecule has 0 aliphatic heterocycles. The second kappa shape index (κ2) is 8.98. The Hall–Kier alpha value is -2.47. The number of pyridine rings is 2. The largest absolute Gasteiger partial charge is 0.468 e. The van der Waals surface area contributed by atoms with Gasteiger partial charge < -0.3 is 15.8 Å².